The van der Waals surface area contributed by atoms with Gasteiger partial charge in [-0.05, 0) is 35.9 Å². The summed E-state index contributed by atoms with van der Waals surface area (Å²) in [7, 11) is 0. The first-order valence-corrected chi connectivity index (χ1v) is 11.9. The minimum atomic E-state index is -4.99. The summed E-state index contributed by atoms with van der Waals surface area (Å²) in [6.07, 6.45) is -9.62. The van der Waals surface area contributed by atoms with Crippen molar-refractivity contribution in [3.8, 4) is 0 Å². The number of amides is 2. The van der Waals surface area contributed by atoms with Gasteiger partial charge in [0.2, 0.25) is 5.91 Å². The van der Waals surface area contributed by atoms with E-state index in [2.05, 4.69) is 10.5 Å². The number of oxime groups is 1. The maximum atomic E-state index is 14.1. The lowest BCUT2D eigenvalue weighted by Gasteiger charge is -2.24. The Balaban J connectivity index is 1.58. The Labute approximate surface area is 227 Å². The first-order valence-electron chi connectivity index (χ1n) is 11.5. The molecule has 1 atom stereocenters. The van der Waals surface area contributed by atoms with Crippen molar-refractivity contribution in [3.05, 3.63) is 81.6 Å². The van der Waals surface area contributed by atoms with Crippen molar-refractivity contribution in [1.29, 1.82) is 0 Å². The fourth-order valence-electron chi connectivity index (χ4n) is 4.21. The van der Waals surface area contributed by atoms with Crippen molar-refractivity contribution < 1.29 is 45.2 Å². The van der Waals surface area contributed by atoms with Crippen LogP contribution in [0, 0.1) is 5.82 Å². The lowest BCUT2D eigenvalue weighted by Crippen LogP contribution is -2.40. The topological polar surface area (TPSA) is 79.8 Å². The smallest absolute Gasteiger partial charge is 0.384 e. The summed E-state index contributed by atoms with van der Waals surface area (Å²) < 4.78 is 91.0. The molecule has 1 unspecified atom stereocenters. The lowest BCUT2D eigenvalue weighted by atomic mass is 9.86. The first kappa shape index (κ1) is 29.1. The molecular formula is C26H19ClF7N3O3. The molecule has 0 fully saturated rings. The van der Waals surface area contributed by atoms with Crippen LogP contribution in [0.25, 0.3) is 10.8 Å². The van der Waals surface area contributed by atoms with E-state index in [1.165, 1.54) is 19.1 Å². The van der Waals surface area contributed by atoms with Crippen molar-refractivity contribution in [1.82, 2.24) is 10.6 Å². The van der Waals surface area contributed by atoms with E-state index in [4.69, 9.17) is 16.4 Å². The number of carbonyl (C=O) groups excluding carboxylic acids is 2. The second kappa shape index (κ2) is 10.6. The number of rotatable bonds is 6. The number of hydrogen-bond donors (Lipinski definition) is 2. The highest BCUT2D eigenvalue weighted by Gasteiger charge is 2.42. The van der Waals surface area contributed by atoms with Gasteiger partial charge >= 0.3 is 12.4 Å². The van der Waals surface area contributed by atoms with E-state index in [-0.39, 0.29) is 17.5 Å². The summed E-state index contributed by atoms with van der Waals surface area (Å²) >= 11 is 5.75. The second-order valence-electron chi connectivity index (χ2n) is 9.14. The average molecular weight is 590 g/mol. The fraction of sp³-hybridized carbons (Fsp3) is 0.269. The molecule has 4 rings (SSSR count). The van der Waals surface area contributed by atoms with Crippen LogP contribution in [0.1, 0.15) is 40.4 Å². The molecule has 0 spiro atoms. The third-order valence-corrected chi connectivity index (χ3v) is 6.46. The zero-order chi connectivity index (χ0) is 29.5. The number of halogens is 8. The molecule has 0 saturated carbocycles. The van der Waals surface area contributed by atoms with Crippen LogP contribution in [-0.4, -0.2) is 36.8 Å². The predicted octanol–water partition coefficient (Wildman–Crippen LogP) is 6.10. The van der Waals surface area contributed by atoms with Gasteiger partial charge in [0, 0.05) is 23.1 Å². The number of hydrogen-bond acceptors (Lipinski definition) is 4. The SMILES string of the molecule is CC1(c2cc(Cl)c(F)c(C(F)(F)F)c2)CC(c2ccc(C(=O)NCC(=O)NCC(F)(F)F)c3ccccc23)=NO1. The van der Waals surface area contributed by atoms with Gasteiger partial charge in [0.25, 0.3) is 5.91 Å². The molecular weight excluding hydrogens is 571 g/mol. The molecule has 0 radical (unpaired) electrons. The number of carbonyl (C=O) groups is 2. The van der Waals surface area contributed by atoms with Crippen molar-refractivity contribution in [2.75, 3.05) is 13.1 Å². The Morgan fingerprint density at radius 2 is 1.70 bits per heavy atom. The van der Waals surface area contributed by atoms with Crippen LogP contribution in [0.4, 0.5) is 30.7 Å². The Kier molecular flexibility index (Phi) is 7.72. The van der Waals surface area contributed by atoms with Gasteiger partial charge < -0.3 is 15.5 Å². The summed E-state index contributed by atoms with van der Waals surface area (Å²) in [5.41, 5.74) is -2.08. The van der Waals surface area contributed by atoms with Crippen LogP contribution in [-0.2, 0) is 21.4 Å². The quantitative estimate of drug-likeness (QED) is 0.341. The molecule has 0 saturated heterocycles. The van der Waals surface area contributed by atoms with Crippen molar-refractivity contribution >= 4 is 39.9 Å². The molecule has 1 aliphatic rings. The van der Waals surface area contributed by atoms with Gasteiger partial charge in [-0.1, -0.05) is 47.1 Å². The Morgan fingerprint density at radius 1 is 1.02 bits per heavy atom. The normalized spacial score (nSPS) is 17.4. The largest absolute Gasteiger partial charge is 0.419 e. The van der Waals surface area contributed by atoms with Gasteiger partial charge in [-0.3, -0.25) is 9.59 Å². The van der Waals surface area contributed by atoms with Gasteiger partial charge in [0.05, 0.1) is 22.8 Å². The monoisotopic (exact) mass is 589 g/mol. The number of benzene rings is 3. The van der Waals surface area contributed by atoms with Crippen LogP contribution < -0.4 is 10.6 Å². The van der Waals surface area contributed by atoms with Gasteiger partial charge in [0.15, 0.2) is 11.4 Å². The first-order chi connectivity index (χ1) is 18.6. The van der Waals surface area contributed by atoms with Crippen LogP contribution in [0.3, 0.4) is 0 Å². The van der Waals surface area contributed by atoms with Crippen LogP contribution >= 0.6 is 11.6 Å². The highest BCUT2D eigenvalue weighted by molar-refractivity contribution is 6.31. The third-order valence-electron chi connectivity index (χ3n) is 6.18. The third kappa shape index (κ3) is 6.14. The zero-order valence-corrected chi connectivity index (χ0v) is 21.2. The predicted molar refractivity (Wildman–Crippen MR) is 131 cm³/mol. The molecule has 6 nitrogen and oxygen atoms in total. The summed E-state index contributed by atoms with van der Waals surface area (Å²) in [6, 6.07) is 11.2. The summed E-state index contributed by atoms with van der Waals surface area (Å²) in [6.45, 7) is -0.755. The Bertz CT molecular complexity index is 1520. The molecule has 0 aromatic heterocycles. The molecule has 3 aromatic carbocycles. The van der Waals surface area contributed by atoms with Gasteiger partial charge in [-0.15, -0.1) is 0 Å². The Hall–Kier alpha value is -3.87. The van der Waals surface area contributed by atoms with Crippen molar-refractivity contribution in [3.63, 3.8) is 0 Å². The van der Waals surface area contributed by atoms with E-state index in [1.54, 1.807) is 29.6 Å². The van der Waals surface area contributed by atoms with Crippen molar-refractivity contribution in [2.45, 2.75) is 31.3 Å². The van der Waals surface area contributed by atoms with E-state index >= 15 is 0 Å². The van der Waals surface area contributed by atoms with Gasteiger partial charge in [0.1, 0.15) is 6.54 Å². The molecule has 3 aromatic rings. The highest BCUT2D eigenvalue weighted by Crippen LogP contribution is 2.42. The number of alkyl halides is 6. The van der Waals surface area contributed by atoms with Crippen LogP contribution in [0.5, 0.6) is 0 Å². The van der Waals surface area contributed by atoms with Gasteiger partial charge in [-0.25, -0.2) is 4.39 Å². The number of nitrogens with one attached hydrogen (secondary N) is 2. The molecule has 40 heavy (non-hydrogen) atoms. The molecule has 1 aliphatic heterocycles. The van der Waals surface area contributed by atoms with Crippen LogP contribution in [0.15, 0.2) is 53.7 Å². The maximum Gasteiger partial charge on any atom is 0.419 e. The fourth-order valence-corrected chi connectivity index (χ4v) is 4.42. The number of nitrogens with zero attached hydrogens (tertiary/aromatic N) is 1. The second-order valence-corrected chi connectivity index (χ2v) is 9.54. The molecule has 212 valence electrons. The minimum absolute atomic E-state index is 0.0266. The molecule has 1 heterocycles. The summed E-state index contributed by atoms with van der Waals surface area (Å²) in [4.78, 5) is 29.9. The molecule has 2 amide bonds. The van der Waals surface area contributed by atoms with E-state index < -0.39 is 59.3 Å². The van der Waals surface area contributed by atoms with E-state index in [9.17, 15) is 40.3 Å². The van der Waals surface area contributed by atoms with Crippen molar-refractivity contribution in [2.24, 2.45) is 5.16 Å². The average Bonchev–Trinajstić information content (AvgIpc) is 3.28. The van der Waals surface area contributed by atoms with E-state index in [0.29, 0.717) is 28.1 Å². The Morgan fingerprint density at radius 3 is 2.35 bits per heavy atom. The highest BCUT2D eigenvalue weighted by atomic mass is 35.5. The lowest BCUT2D eigenvalue weighted by molar-refractivity contribution is -0.140. The van der Waals surface area contributed by atoms with Gasteiger partial charge in [-0.2, -0.15) is 26.3 Å². The van der Waals surface area contributed by atoms with Crippen LogP contribution in [0.2, 0.25) is 5.02 Å². The van der Waals surface area contributed by atoms with E-state index in [1.807, 2.05) is 0 Å². The maximum absolute atomic E-state index is 14.1. The molecule has 0 aliphatic carbocycles. The van der Waals surface area contributed by atoms with E-state index in [0.717, 1.165) is 6.07 Å². The molecule has 0 bridgehead atoms. The summed E-state index contributed by atoms with van der Waals surface area (Å²) in [5.74, 6) is -3.35. The summed E-state index contributed by atoms with van der Waals surface area (Å²) in [5, 5.41) is 8.17. The zero-order valence-electron chi connectivity index (χ0n) is 20.4. The molecule has 2 N–H and O–H groups in total. The standard InChI is InChI=1S/C26H19ClF7N3O3/c1-24(13-8-18(26(32,33)34)22(28)19(27)9-13)10-20(37-40-24)16-6-7-17(15-5-3-2-4-14(15)16)23(39)35-11-21(38)36-12-25(29,30)31/h2-9H,10-12H2,1H3,(H,35,39)(H,36,38). The minimum Gasteiger partial charge on any atom is -0.384 e. The molecule has 14 heteroatoms. The number of fused-ring (bicyclic) bond motifs is 1.